The first kappa shape index (κ1) is 20.7. The normalized spacial score (nSPS) is 19.8. The summed E-state index contributed by atoms with van der Waals surface area (Å²) in [6.07, 6.45) is 2.83. The molecule has 28 heavy (non-hydrogen) atoms. The molecule has 0 aliphatic carbocycles. The van der Waals surface area contributed by atoms with E-state index >= 15 is 0 Å². The molecule has 1 unspecified atom stereocenters. The van der Waals surface area contributed by atoms with Crippen LogP contribution in [0.25, 0.3) is 0 Å². The van der Waals surface area contributed by atoms with Crippen molar-refractivity contribution in [3.05, 3.63) is 11.3 Å². The minimum atomic E-state index is -0.519. The van der Waals surface area contributed by atoms with Crippen molar-refractivity contribution in [2.75, 3.05) is 37.3 Å². The minimum Gasteiger partial charge on any atom is -0.444 e. The standard InChI is InChI=1S/C19H28N6O2S/c1-19(2,3)27-18(26)25-9-6-14-15(12-25)22-17(28-4)23-16(14)24-10-8-21-13(11-24)5-7-20/h13,21H,5-6,8-12H2,1-4H3. The van der Waals surface area contributed by atoms with Crippen molar-refractivity contribution >= 4 is 23.7 Å². The molecule has 2 aliphatic rings. The van der Waals surface area contributed by atoms with E-state index in [0.717, 1.165) is 36.7 Å². The van der Waals surface area contributed by atoms with Gasteiger partial charge < -0.3 is 19.9 Å². The Balaban J connectivity index is 1.84. The second-order valence-corrected chi connectivity index (χ2v) is 8.84. The van der Waals surface area contributed by atoms with Crippen LogP contribution in [0.15, 0.2) is 5.16 Å². The average molecular weight is 405 g/mol. The summed E-state index contributed by atoms with van der Waals surface area (Å²) in [5, 5.41) is 13.1. The molecule has 1 N–H and O–H groups in total. The summed E-state index contributed by atoms with van der Waals surface area (Å²) in [5.41, 5.74) is 1.48. The number of piperazine rings is 1. The van der Waals surface area contributed by atoms with Gasteiger partial charge in [-0.25, -0.2) is 14.8 Å². The van der Waals surface area contributed by atoms with Crippen molar-refractivity contribution in [3.63, 3.8) is 0 Å². The zero-order chi connectivity index (χ0) is 20.3. The fourth-order valence-electron chi connectivity index (χ4n) is 3.49. The van der Waals surface area contributed by atoms with Gasteiger partial charge in [0.2, 0.25) is 0 Å². The van der Waals surface area contributed by atoms with Gasteiger partial charge in [-0.2, -0.15) is 5.26 Å². The number of anilines is 1. The third-order valence-corrected chi connectivity index (χ3v) is 5.30. The first-order chi connectivity index (χ1) is 13.3. The number of ether oxygens (including phenoxy) is 1. The van der Waals surface area contributed by atoms with Crippen LogP contribution in [0.2, 0.25) is 0 Å². The number of aromatic nitrogens is 2. The van der Waals surface area contributed by atoms with E-state index in [9.17, 15) is 4.79 Å². The highest BCUT2D eigenvalue weighted by atomic mass is 32.2. The van der Waals surface area contributed by atoms with E-state index in [1.807, 2.05) is 27.0 Å². The third-order valence-electron chi connectivity index (χ3n) is 4.75. The van der Waals surface area contributed by atoms with Gasteiger partial charge in [-0.15, -0.1) is 0 Å². The summed E-state index contributed by atoms with van der Waals surface area (Å²) in [7, 11) is 0. The SMILES string of the molecule is CSc1nc2c(c(N3CCNC(CC#N)C3)n1)CCN(C(=O)OC(C)(C)C)C2. The van der Waals surface area contributed by atoms with Gasteiger partial charge in [0.1, 0.15) is 11.4 Å². The quantitative estimate of drug-likeness (QED) is 0.605. The molecule has 0 spiro atoms. The Hall–Kier alpha value is -2.05. The van der Waals surface area contributed by atoms with Gasteiger partial charge in [0.15, 0.2) is 5.16 Å². The number of carbonyl (C=O) groups excluding carboxylic acids is 1. The molecule has 1 saturated heterocycles. The Morgan fingerprint density at radius 2 is 2.18 bits per heavy atom. The highest BCUT2D eigenvalue weighted by Gasteiger charge is 2.31. The number of carbonyl (C=O) groups is 1. The molecule has 2 aliphatic heterocycles. The zero-order valence-corrected chi connectivity index (χ0v) is 17.8. The van der Waals surface area contributed by atoms with Crippen LogP contribution in [-0.4, -0.2) is 65.0 Å². The summed E-state index contributed by atoms with van der Waals surface area (Å²) < 4.78 is 5.53. The van der Waals surface area contributed by atoms with Crippen molar-refractivity contribution < 1.29 is 9.53 Å². The molecule has 0 aromatic carbocycles. The monoisotopic (exact) mass is 404 g/mol. The molecule has 3 heterocycles. The van der Waals surface area contributed by atoms with Gasteiger partial charge in [0.25, 0.3) is 0 Å². The van der Waals surface area contributed by atoms with Gasteiger partial charge in [-0.05, 0) is 33.4 Å². The number of amides is 1. The van der Waals surface area contributed by atoms with Crippen molar-refractivity contribution in [3.8, 4) is 6.07 Å². The lowest BCUT2D eigenvalue weighted by atomic mass is 10.0. The summed E-state index contributed by atoms with van der Waals surface area (Å²) in [6.45, 7) is 9.05. The molecule has 9 heteroatoms. The van der Waals surface area contributed by atoms with E-state index in [2.05, 4.69) is 21.3 Å². The Kier molecular flexibility index (Phi) is 6.30. The highest BCUT2D eigenvalue weighted by molar-refractivity contribution is 7.98. The molecular formula is C19H28N6O2S. The molecule has 3 rings (SSSR count). The lowest BCUT2D eigenvalue weighted by Gasteiger charge is -2.37. The molecular weight excluding hydrogens is 376 g/mol. The van der Waals surface area contributed by atoms with Crippen molar-refractivity contribution in [1.29, 1.82) is 5.26 Å². The molecule has 152 valence electrons. The predicted molar refractivity (Wildman–Crippen MR) is 108 cm³/mol. The third kappa shape index (κ3) is 4.86. The summed E-state index contributed by atoms with van der Waals surface area (Å²) in [5.74, 6) is 0.947. The smallest absolute Gasteiger partial charge is 0.410 e. The van der Waals surface area contributed by atoms with Crippen molar-refractivity contribution in [1.82, 2.24) is 20.2 Å². The van der Waals surface area contributed by atoms with Crippen LogP contribution in [0.5, 0.6) is 0 Å². The van der Waals surface area contributed by atoms with E-state index in [1.54, 1.807) is 4.90 Å². The van der Waals surface area contributed by atoms with Crippen molar-refractivity contribution in [2.24, 2.45) is 0 Å². The summed E-state index contributed by atoms with van der Waals surface area (Å²) in [6, 6.07) is 2.39. The maximum absolute atomic E-state index is 12.5. The van der Waals surface area contributed by atoms with Crippen LogP contribution in [0.3, 0.4) is 0 Å². The topological polar surface area (TPSA) is 94.4 Å². The van der Waals surface area contributed by atoms with Gasteiger partial charge in [0, 0.05) is 37.8 Å². The number of nitrogens with one attached hydrogen (secondary N) is 1. The molecule has 1 amide bonds. The van der Waals surface area contributed by atoms with Crippen LogP contribution in [0, 0.1) is 11.3 Å². The van der Waals surface area contributed by atoms with Gasteiger partial charge in [-0.1, -0.05) is 11.8 Å². The van der Waals surface area contributed by atoms with E-state index < -0.39 is 5.60 Å². The van der Waals surface area contributed by atoms with E-state index in [1.165, 1.54) is 11.8 Å². The van der Waals surface area contributed by atoms with E-state index in [0.29, 0.717) is 31.1 Å². The molecule has 8 nitrogen and oxygen atoms in total. The largest absolute Gasteiger partial charge is 0.444 e. The van der Waals surface area contributed by atoms with Gasteiger partial charge in [0.05, 0.1) is 24.7 Å². The van der Waals surface area contributed by atoms with E-state index in [-0.39, 0.29) is 12.1 Å². The minimum absolute atomic E-state index is 0.143. The molecule has 0 saturated carbocycles. The number of nitrogens with zero attached hydrogens (tertiary/aromatic N) is 5. The van der Waals surface area contributed by atoms with Crippen LogP contribution >= 0.6 is 11.8 Å². The Labute approximate surface area is 170 Å². The second kappa shape index (κ2) is 8.53. The number of fused-ring (bicyclic) bond motifs is 1. The molecule has 1 atom stereocenters. The summed E-state index contributed by atoms with van der Waals surface area (Å²) in [4.78, 5) is 25.9. The molecule has 1 fully saturated rings. The number of hydrogen-bond acceptors (Lipinski definition) is 8. The van der Waals surface area contributed by atoms with Crippen LogP contribution in [-0.2, 0) is 17.7 Å². The van der Waals surface area contributed by atoms with E-state index in [4.69, 9.17) is 15.0 Å². The highest BCUT2D eigenvalue weighted by Crippen LogP contribution is 2.30. The lowest BCUT2D eigenvalue weighted by molar-refractivity contribution is 0.0220. The zero-order valence-electron chi connectivity index (χ0n) is 17.0. The Bertz CT molecular complexity index is 773. The summed E-state index contributed by atoms with van der Waals surface area (Å²) >= 11 is 1.50. The molecule has 0 bridgehead atoms. The van der Waals surface area contributed by atoms with Crippen LogP contribution < -0.4 is 10.2 Å². The predicted octanol–water partition coefficient (Wildman–Crippen LogP) is 2.18. The fourth-order valence-corrected chi connectivity index (χ4v) is 3.87. The Morgan fingerprint density at radius 1 is 1.39 bits per heavy atom. The molecule has 0 radical (unpaired) electrons. The number of hydrogen-bond donors (Lipinski definition) is 1. The van der Waals surface area contributed by atoms with Crippen LogP contribution in [0.1, 0.15) is 38.4 Å². The number of thioether (sulfide) groups is 1. The Morgan fingerprint density at radius 3 is 2.86 bits per heavy atom. The molecule has 1 aromatic heterocycles. The van der Waals surface area contributed by atoms with Gasteiger partial charge in [-0.3, -0.25) is 0 Å². The lowest BCUT2D eigenvalue weighted by Crippen LogP contribution is -2.51. The number of rotatable bonds is 3. The average Bonchev–Trinajstić information content (AvgIpc) is 2.65. The maximum atomic E-state index is 12.5. The van der Waals surface area contributed by atoms with Crippen molar-refractivity contribution in [2.45, 2.75) is 57.0 Å². The fraction of sp³-hybridized carbons (Fsp3) is 0.684. The number of nitriles is 1. The molecule has 1 aromatic rings. The first-order valence-electron chi connectivity index (χ1n) is 9.57. The van der Waals surface area contributed by atoms with Gasteiger partial charge >= 0.3 is 6.09 Å². The van der Waals surface area contributed by atoms with Crippen LogP contribution in [0.4, 0.5) is 10.6 Å². The second-order valence-electron chi connectivity index (χ2n) is 8.07. The first-order valence-corrected chi connectivity index (χ1v) is 10.8. The maximum Gasteiger partial charge on any atom is 0.410 e.